The van der Waals surface area contributed by atoms with Crippen molar-refractivity contribution in [3.05, 3.63) is 35.9 Å². The van der Waals surface area contributed by atoms with Crippen LogP contribution in [0, 0.1) is 11.8 Å². The largest absolute Gasteiger partial charge is 0.447 e. The Labute approximate surface area is 110 Å². The molecular formula is C14H13ClO3. The molecule has 3 saturated carbocycles. The molecule has 0 aliphatic heterocycles. The van der Waals surface area contributed by atoms with E-state index >= 15 is 0 Å². The van der Waals surface area contributed by atoms with E-state index in [1.54, 1.807) is 0 Å². The van der Waals surface area contributed by atoms with Crippen molar-refractivity contribution in [1.29, 1.82) is 0 Å². The molecule has 18 heavy (non-hydrogen) atoms. The van der Waals surface area contributed by atoms with Crippen LogP contribution in [0.5, 0.6) is 0 Å². The van der Waals surface area contributed by atoms with Crippen LogP contribution < -0.4 is 0 Å². The van der Waals surface area contributed by atoms with Crippen LogP contribution in [-0.2, 0) is 4.74 Å². The molecule has 0 amide bonds. The number of carbonyl (C=O) groups excluding carboxylic acids is 2. The van der Waals surface area contributed by atoms with E-state index < -0.39 is 11.0 Å². The minimum absolute atomic E-state index is 0.0246. The number of carbonyl (C=O) groups is 2. The lowest BCUT2D eigenvalue weighted by Gasteiger charge is -2.36. The van der Waals surface area contributed by atoms with Crippen LogP contribution in [0.3, 0.4) is 0 Å². The third-order valence-electron chi connectivity index (χ3n) is 4.12. The fraction of sp³-hybridized carbons (Fsp3) is 0.429. The van der Waals surface area contributed by atoms with Gasteiger partial charge in [0.2, 0.25) is 0 Å². The highest BCUT2D eigenvalue weighted by molar-refractivity contribution is 6.61. The summed E-state index contributed by atoms with van der Waals surface area (Å²) in [4.78, 5) is 23.2. The van der Waals surface area contributed by atoms with Crippen molar-refractivity contribution < 1.29 is 14.3 Å². The minimum Gasteiger partial charge on any atom is -0.447 e. The van der Waals surface area contributed by atoms with Crippen molar-refractivity contribution in [3.8, 4) is 0 Å². The maximum absolute atomic E-state index is 12.3. The van der Waals surface area contributed by atoms with Crippen LogP contribution in [0.25, 0.3) is 0 Å². The number of ketones is 1. The van der Waals surface area contributed by atoms with Gasteiger partial charge in [-0.2, -0.15) is 0 Å². The van der Waals surface area contributed by atoms with E-state index in [1.807, 2.05) is 30.3 Å². The molecule has 1 atom stereocenters. The molecule has 94 valence electrons. The molecule has 1 aromatic carbocycles. The normalized spacial score (nSPS) is 32.7. The summed E-state index contributed by atoms with van der Waals surface area (Å²) in [5, 5.41) is 0. The van der Waals surface area contributed by atoms with E-state index in [1.165, 1.54) is 0 Å². The molecule has 0 heterocycles. The van der Waals surface area contributed by atoms with Crippen molar-refractivity contribution in [2.45, 2.75) is 24.9 Å². The first-order valence-electron chi connectivity index (χ1n) is 6.07. The van der Waals surface area contributed by atoms with Crippen molar-refractivity contribution in [2.24, 2.45) is 11.8 Å². The number of ether oxygens (including phenoxy) is 1. The first kappa shape index (κ1) is 11.7. The lowest BCUT2D eigenvalue weighted by Crippen LogP contribution is -2.39. The van der Waals surface area contributed by atoms with Gasteiger partial charge in [-0.25, -0.2) is 4.79 Å². The van der Waals surface area contributed by atoms with Crippen LogP contribution in [0.4, 0.5) is 4.79 Å². The highest BCUT2D eigenvalue weighted by atomic mass is 35.5. The third-order valence-corrected chi connectivity index (χ3v) is 4.20. The summed E-state index contributed by atoms with van der Waals surface area (Å²) in [5.74, 6) is 0.475. The van der Waals surface area contributed by atoms with Crippen LogP contribution in [0.2, 0.25) is 0 Å². The number of fused-ring (bicyclic) bond motifs is 1. The molecule has 0 spiro atoms. The highest BCUT2D eigenvalue weighted by Crippen LogP contribution is 2.58. The second-order valence-corrected chi connectivity index (χ2v) is 5.54. The van der Waals surface area contributed by atoms with Crippen LogP contribution in [0.15, 0.2) is 30.3 Å². The van der Waals surface area contributed by atoms with Crippen LogP contribution >= 0.6 is 11.6 Å². The molecule has 0 unspecified atom stereocenters. The number of halogens is 1. The predicted molar refractivity (Wildman–Crippen MR) is 66.7 cm³/mol. The Balaban J connectivity index is 1.74. The van der Waals surface area contributed by atoms with Crippen molar-refractivity contribution >= 4 is 22.8 Å². The summed E-state index contributed by atoms with van der Waals surface area (Å²) in [6, 6.07) is 9.28. The number of benzene rings is 1. The SMILES string of the molecule is O=C(Cl)OC12CC(C1)[C@@H](C(=O)c1ccccc1)C2. The van der Waals surface area contributed by atoms with Crippen LogP contribution in [-0.4, -0.2) is 16.8 Å². The van der Waals surface area contributed by atoms with Gasteiger partial charge in [0.25, 0.3) is 0 Å². The molecule has 0 saturated heterocycles. The Morgan fingerprint density at radius 2 is 1.83 bits per heavy atom. The monoisotopic (exact) mass is 264 g/mol. The maximum atomic E-state index is 12.3. The maximum Gasteiger partial charge on any atom is 0.404 e. The van der Waals surface area contributed by atoms with Gasteiger partial charge < -0.3 is 4.74 Å². The number of hydrogen-bond donors (Lipinski definition) is 0. The summed E-state index contributed by atoms with van der Waals surface area (Å²) in [5.41, 5.74) is -0.484. The van der Waals surface area contributed by atoms with Gasteiger partial charge in [0.15, 0.2) is 5.78 Å². The average molecular weight is 265 g/mol. The fourth-order valence-corrected chi connectivity index (χ4v) is 3.50. The Morgan fingerprint density at radius 3 is 2.44 bits per heavy atom. The Bertz CT molecular complexity index is 491. The number of Topliss-reactive ketones (excluding diaryl/α,β-unsaturated/α-hetero) is 1. The zero-order valence-corrected chi connectivity index (χ0v) is 10.5. The van der Waals surface area contributed by atoms with E-state index in [9.17, 15) is 9.59 Å². The van der Waals surface area contributed by atoms with Crippen molar-refractivity contribution in [2.75, 3.05) is 0 Å². The van der Waals surface area contributed by atoms with Gasteiger partial charge in [-0.05, 0) is 25.2 Å². The Hall–Kier alpha value is -1.35. The minimum atomic E-state index is -0.763. The first-order chi connectivity index (χ1) is 8.60. The lowest BCUT2D eigenvalue weighted by atomic mass is 9.78. The molecule has 0 N–H and O–H groups in total. The van der Waals surface area contributed by atoms with Gasteiger partial charge >= 0.3 is 5.43 Å². The molecular weight excluding hydrogens is 252 g/mol. The standard InChI is InChI=1S/C14H13ClO3/c15-13(17)18-14-6-10(7-14)11(8-14)12(16)9-4-2-1-3-5-9/h1-5,10-11H,6-8H2/t10?,11-,14?/m0/s1. The van der Waals surface area contributed by atoms with Gasteiger partial charge in [0.05, 0.1) is 0 Å². The molecule has 2 bridgehead atoms. The molecule has 3 fully saturated rings. The zero-order chi connectivity index (χ0) is 12.8. The zero-order valence-electron chi connectivity index (χ0n) is 9.77. The Kier molecular flexibility index (Phi) is 2.67. The molecule has 4 heteroatoms. The van der Waals surface area contributed by atoms with Gasteiger partial charge in [-0.1, -0.05) is 30.3 Å². The Morgan fingerprint density at radius 1 is 1.17 bits per heavy atom. The molecule has 3 aliphatic rings. The van der Waals surface area contributed by atoms with E-state index in [4.69, 9.17) is 16.3 Å². The van der Waals surface area contributed by atoms with E-state index in [0.29, 0.717) is 12.3 Å². The van der Waals surface area contributed by atoms with Gasteiger partial charge in [0.1, 0.15) is 5.60 Å². The summed E-state index contributed by atoms with van der Waals surface area (Å²) < 4.78 is 5.16. The molecule has 4 rings (SSSR count). The van der Waals surface area contributed by atoms with E-state index in [0.717, 1.165) is 18.4 Å². The molecule has 0 aromatic heterocycles. The van der Waals surface area contributed by atoms with Gasteiger partial charge in [-0.15, -0.1) is 0 Å². The number of hydrogen-bond acceptors (Lipinski definition) is 3. The quantitative estimate of drug-likeness (QED) is 0.621. The molecule has 0 radical (unpaired) electrons. The molecule has 3 nitrogen and oxygen atoms in total. The summed E-state index contributed by atoms with van der Waals surface area (Å²) >= 11 is 5.27. The van der Waals surface area contributed by atoms with Gasteiger partial charge in [-0.3, -0.25) is 4.79 Å². The molecule has 3 aliphatic carbocycles. The summed E-state index contributed by atoms with van der Waals surface area (Å²) in [6.07, 6.45) is 2.16. The lowest BCUT2D eigenvalue weighted by molar-refractivity contribution is -0.0252. The van der Waals surface area contributed by atoms with Crippen molar-refractivity contribution in [3.63, 3.8) is 0 Å². The van der Waals surface area contributed by atoms with Crippen LogP contribution in [0.1, 0.15) is 29.6 Å². The molecule has 1 aromatic rings. The average Bonchev–Trinajstić information content (AvgIpc) is 2.83. The smallest absolute Gasteiger partial charge is 0.404 e. The fourth-order valence-electron chi connectivity index (χ4n) is 3.33. The second-order valence-electron chi connectivity index (χ2n) is 5.23. The predicted octanol–water partition coefficient (Wildman–Crippen LogP) is 3.41. The second kappa shape index (κ2) is 4.09. The van der Waals surface area contributed by atoms with Crippen molar-refractivity contribution in [1.82, 2.24) is 0 Å². The van der Waals surface area contributed by atoms with E-state index in [-0.39, 0.29) is 11.7 Å². The topological polar surface area (TPSA) is 43.4 Å². The van der Waals surface area contributed by atoms with Gasteiger partial charge in [0, 0.05) is 23.1 Å². The first-order valence-corrected chi connectivity index (χ1v) is 6.45. The highest BCUT2D eigenvalue weighted by Gasteiger charge is 2.60. The number of rotatable bonds is 3. The summed E-state index contributed by atoms with van der Waals surface area (Å²) in [7, 11) is 0. The third kappa shape index (κ3) is 1.83. The van der Waals surface area contributed by atoms with E-state index in [2.05, 4.69) is 0 Å². The summed E-state index contributed by atoms with van der Waals surface area (Å²) in [6.45, 7) is 0.